The summed E-state index contributed by atoms with van der Waals surface area (Å²) in [7, 11) is 0. The molecule has 0 saturated carbocycles. The highest BCUT2D eigenvalue weighted by molar-refractivity contribution is 5.86. The van der Waals surface area contributed by atoms with Crippen LogP contribution >= 0.6 is 0 Å². The summed E-state index contributed by atoms with van der Waals surface area (Å²) in [5, 5.41) is 8.67. The van der Waals surface area contributed by atoms with E-state index in [-0.39, 0.29) is 0 Å². The van der Waals surface area contributed by atoms with E-state index in [1.807, 2.05) is 19.9 Å². The Bertz CT molecular complexity index is 212. The molecule has 2 heteroatoms. The Morgan fingerprint density at radius 1 is 1.25 bits per heavy atom. The molecule has 0 fully saturated rings. The maximum atomic E-state index is 10.5. The monoisotopic (exact) mass is 168 g/mol. The van der Waals surface area contributed by atoms with E-state index in [2.05, 4.69) is 0 Å². The van der Waals surface area contributed by atoms with Gasteiger partial charge in [-0.25, -0.2) is 4.79 Å². The van der Waals surface area contributed by atoms with Gasteiger partial charge in [0.05, 0.1) is 0 Å². The summed E-state index contributed by atoms with van der Waals surface area (Å²) in [6, 6.07) is 0. The van der Waals surface area contributed by atoms with Gasteiger partial charge >= 0.3 is 5.97 Å². The fourth-order valence-electron chi connectivity index (χ4n) is 0.851. The van der Waals surface area contributed by atoms with Gasteiger partial charge in [-0.15, -0.1) is 0 Å². The molecule has 0 rings (SSSR count). The Hall–Kier alpha value is -1.05. The summed E-state index contributed by atoms with van der Waals surface area (Å²) in [5.41, 5.74) is 1.73. The second-order valence-corrected chi connectivity index (χ2v) is 2.75. The molecule has 0 spiro atoms. The Morgan fingerprint density at radius 3 is 2.17 bits per heavy atom. The minimum Gasteiger partial charge on any atom is -0.478 e. The molecule has 0 aromatic heterocycles. The van der Waals surface area contributed by atoms with E-state index in [0.717, 1.165) is 6.42 Å². The van der Waals surface area contributed by atoms with Crippen molar-refractivity contribution >= 4 is 5.97 Å². The zero-order valence-electron chi connectivity index (χ0n) is 7.92. The highest BCUT2D eigenvalue weighted by Crippen LogP contribution is 2.10. The van der Waals surface area contributed by atoms with Crippen molar-refractivity contribution in [1.29, 1.82) is 0 Å². The molecule has 1 N–H and O–H groups in total. The fraction of sp³-hybridized carbons (Fsp3) is 0.500. The molecule has 0 aliphatic carbocycles. The molecule has 0 unspecified atom stereocenters. The molecule has 0 bridgehead atoms. The minimum absolute atomic E-state index is 0.496. The molecule has 0 aromatic carbocycles. The first-order valence-electron chi connectivity index (χ1n) is 4.12. The first-order valence-corrected chi connectivity index (χ1v) is 4.12. The largest absolute Gasteiger partial charge is 0.478 e. The van der Waals surface area contributed by atoms with Gasteiger partial charge in [0, 0.05) is 5.57 Å². The van der Waals surface area contributed by atoms with Crippen LogP contribution in [0.1, 0.15) is 33.6 Å². The van der Waals surface area contributed by atoms with Gasteiger partial charge in [0.1, 0.15) is 0 Å². The Balaban J connectivity index is 4.00. The van der Waals surface area contributed by atoms with Gasteiger partial charge in [-0.05, 0) is 33.6 Å². The van der Waals surface area contributed by atoms with Gasteiger partial charge in [0.25, 0.3) is 0 Å². The quantitative estimate of drug-likeness (QED) is 0.517. The average Bonchev–Trinajstić information content (AvgIpc) is 2.04. The number of carbonyl (C=O) groups is 1. The third-order valence-corrected chi connectivity index (χ3v) is 1.90. The van der Waals surface area contributed by atoms with Crippen molar-refractivity contribution in [1.82, 2.24) is 0 Å². The topological polar surface area (TPSA) is 37.3 Å². The van der Waals surface area contributed by atoms with E-state index in [9.17, 15) is 4.79 Å². The lowest BCUT2D eigenvalue weighted by molar-refractivity contribution is -0.132. The number of carboxylic acids is 1. The van der Waals surface area contributed by atoms with E-state index in [0.29, 0.717) is 12.0 Å². The molecule has 0 heterocycles. The molecule has 0 amide bonds. The van der Waals surface area contributed by atoms with Gasteiger partial charge in [-0.1, -0.05) is 17.7 Å². The third kappa shape index (κ3) is 3.96. The third-order valence-electron chi connectivity index (χ3n) is 1.90. The maximum absolute atomic E-state index is 10.5. The number of aliphatic carboxylic acids is 1. The smallest absolute Gasteiger partial charge is 0.331 e. The van der Waals surface area contributed by atoms with Crippen molar-refractivity contribution in [2.24, 2.45) is 0 Å². The summed E-state index contributed by atoms with van der Waals surface area (Å²) in [6.45, 7) is 5.73. The van der Waals surface area contributed by atoms with Crippen molar-refractivity contribution in [2.45, 2.75) is 33.6 Å². The van der Waals surface area contributed by atoms with Crippen molar-refractivity contribution in [3.8, 4) is 0 Å². The van der Waals surface area contributed by atoms with E-state index in [4.69, 9.17) is 5.11 Å². The van der Waals surface area contributed by atoms with Crippen LogP contribution in [0.5, 0.6) is 0 Å². The van der Waals surface area contributed by atoms with E-state index >= 15 is 0 Å². The summed E-state index contributed by atoms with van der Waals surface area (Å²) in [4.78, 5) is 10.5. The fourth-order valence-corrected chi connectivity index (χ4v) is 0.851. The molecule has 0 aliphatic heterocycles. The van der Waals surface area contributed by atoms with Crippen LogP contribution in [0, 0.1) is 0 Å². The van der Waals surface area contributed by atoms with Crippen molar-refractivity contribution < 1.29 is 9.90 Å². The lowest BCUT2D eigenvalue weighted by Crippen LogP contribution is -2.00. The predicted molar refractivity (Wildman–Crippen MR) is 50.1 cm³/mol. The molecule has 2 nitrogen and oxygen atoms in total. The van der Waals surface area contributed by atoms with Crippen LogP contribution in [-0.4, -0.2) is 11.1 Å². The molecule has 0 saturated heterocycles. The van der Waals surface area contributed by atoms with Crippen molar-refractivity contribution in [3.05, 3.63) is 23.3 Å². The van der Waals surface area contributed by atoms with Gasteiger partial charge in [0.15, 0.2) is 0 Å². The first kappa shape index (κ1) is 11.0. The predicted octanol–water partition coefficient (Wildman–Crippen LogP) is 2.76. The van der Waals surface area contributed by atoms with E-state index in [1.165, 1.54) is 5.57 Å². The second-order valence-electron chi connectivity index (χ2n) is 2.75. The van der Waals surface area contributed by atoms with Crippen LogP contribution in [0.2, 0.25) is 0 Å². The molecule has 0 aromatic rings. The van der Waals surface area contributed by atoms with Crippen molar-refractivity contribution in [3.63, 3.8) is 0 Å². The van der Waals surface area contributed by atoms with Crippen molar-refractivity contribution in [2.75, 3.05) is 0 Å². The van der Waals surface area contributed by atoms with Crippen LogP contribution in [0.3, 0.4) is 0 Å². The van der Waals surface area contributed by atoms with Crippen LogP contribution in [-0.2, 0) is 4.79 Å². The Morgan fingerprint density at radius 2 is 1.83 bits per heavy atom. The lowest BCUT2D eigenvalue weighted by atomic mass is 10.1. The SMILES string of the molecule is CC=C(C)CC/C(=C\C)C(=O)O. The van der Waals surface area contributed by atoms with Gasteiger partial charge in [0.2, 0.25) is 0 Å². The number of hydrogen-bond acceptors (Lipinski definition) is 1. The van der Waals surface area contributed by atoms with Crippen LogP contribution in [0.4, 0.5) is 0 Å². The number of allylic oxidation sites excluding steroid dienone is 3. The molecular formula is C10H16O2. The zero-order chi connectivity index (χ0) is 9.56. The highest BCUT2D eigenvalue weighted by Gasteiger charge is 2.04. The average molecular weight is 168 g/mol. The van der Waals surface area contributed by atoms with Gasteiger partial charge < -0.3 is 5.11 Å². The summed E-state index contributed by atoms with van der Waals surface area (Å²) >= 11 is 0. The normalized spacial score (nSPS) is 13.2. The first-order chi connectivity index (χ1) is 5.61. The molecule has 0 radical (unpaired) electrons. The lowest BCUT2D eigenvalue weighted by Gasteiger charge is -2.01. The molecule has 68 valence electrons. The molecule has 0 atom stereocenters. The van der Waals surface area contributed by atoms with E-state index < -0.39 is 5.97 Å². The Kier molecular flexibility index (Phi) is 5.09. The van der Waals surface area contributed by atoms with Crippen LogP contribution < -0.4 is 0 Å². The number of rotatable bonds is 4. The summed E-state index contributed by atoms with van der Waals surface area (Å²) < 4.78 is 0. The van der Waals surface area contributed by atoms with Gasteiger partial charge in [-0.3, -0.25) is 0 Å². The summed E-state index contributed by atoms with van der Waals surface area (Å²) in [5.74, 6) is -0.804. The van der Waals surface area contributed by atoms with Crippen LogP contribution in [0.15, 0.2) is 23.3 Å². The molecular weight excluding hydrogens is 152 g/mol. The van der Waals surface area contributed by atoms with E-state index in [1.54, 1.807) is 13.0 Å². The van der Waals surface area contributed by atoms with Crippen LogP contribution in [0.25, 0.3) is 0 Å². The number of carboxylic acid groups (broad SMARTS) is 1. The summed E-state index contributed by atoms with van der Waals surface area (Å²) in [6.07, 6.45) is 5.13. The number of hydrogen-bond donors (Lipinski definition) is 1. The zero-order valence-corrected chi connectivity index (χ0v) is 7.92. The molecule has 12 heavy (non-hydrogen) atoms. The minimum atomic E-state index is -0.804. The molecule has 0 aliphatic rings. The Labute approximate surface area is 73.6 Å². The van der Waals surface area contributed by atoms with Gasteiger partial charge in [-0.2, -0.15) is 0 Å². The standard InChI is InChI=1S/C10H16O2/c1-4-8(3)6-7-9(5-2)10(11)12/h4-5H,6-7H2,1-3H3,(H,11,12)/b8-4?,9-5+. The maximum Gasteiger partial charge on any atom is 0.331 e. The second kappa shape index (κ2) is 5.58. The highest BCUT2D eigenvalue weighted by atomic mass is 16.4.